The van der Waals surface area contributed by atoms with E-state index < -0.39 is 0 Å². The van der Waals surface area contributed by atoms with Crippen molar-refractivity contribution < 1.29 is 0 Å². The third-order valence-electron chi connectivity index (χ3n) is 4.45. The Labute approximate surface area is 129 Å². The van der Waals surface area contributed by atoms with E-state index >= 15 is 0 Å². The van der Waals surface area contributed by atoms with E-state index in [1.165, 1.54) is 24.1 Å². The lowest BCUT2D eigenvalue weighted by Gasteiger charge is -2.16. The number of aromatic amines is 1. The molecule has 0 spiro atoms. The number of hydrogen-bond donors (Lipinski definition) is 2. The Morgan fingerprint density at radius 3 is 2.86 bits per heavy atom. The second-order valence-electron chi connectivity index (χ2n) is 6.14. The smallest absolute Gasteiger partial charge is 0.259 e. The molecule has 2 N–H and O–H groups in total. The van der Waals surface area contributed by atoms with Crippen LogP contribution >= 0.6 is 11.3 Å². The van der Waals surface area contributed by atoms with Crippen LogP contribution in [-0.4, -0.2) is 16.0 Å². The second-order valence-corrected chi connectivity index (χ2v) is 7.34. The van der Waals surface area contributed by atoms with Gasteiger partial charge < -0.3 is 10.3 Å². The molecule has 2 heterocycles. The number of aromatic nitrogens is 2. The molecule has 0 bridgehead atoms. The highest BCUT2D eigenvalue weighted by atomic mass is 32.1. The number of nitrogens with zero attached hydrogens (tertiary/aromatic N) is 1. The van der Waals surface area contributed by atoms with Crippen LogP contribution in [0.5, 0.6) is 0 Å². The molecule has 5 heteroatoms. The van der Waals surface area contributed by atoms with Gasteiger partial charge in [-0.25, -0.2) is 4.98 Å². The van der Waals surface area contributed by atoms with E-state index in [0.29, 0.717) is 12.6 Å². The summed E-state index contributed by atoms with van der Waals surface area (Å²) in [6.07, 6.45) is 5.14. The van der Waals surface area contributed by atoms with Gasteiger partial charge in [-0.1, -0.05) is 19.8 Å². The number of hydrogen-bond acceptors (Lipinski definition) is 4. The van der Waals surface area contributed by atoms with Crippen LogP contribution in [0.25, 0.3) is 10.2 Å². The van der Waals surface area contributed by atoms with Gasteiger partial charge in [-0.05, 0) is 38.2 Å². The molecule has 114 valence electrons. The fourth-order valence-corrected chi connectivity index (χ4v) is 3.82. The van der Waals surface area contributed by atoms with Crippen molar-refractivity contribution in [1.29, 1.82) is 0 Å². The maximum atomic E-state index is 12.2. The van der Waals surface area contributed by atoms with E-state index in [-0.39, 0.29) is 5.56 Å². The molecule has 0 radical (unpaired) electrons. The lowest BCUT2D eigenvalue weighted by molar-refractivity contribution is 0.439. The first kappa shape index (κ1) is 14.7. The van der Waals surface area contributed by atoms with Gasteiger partial charge >= 0.3 is 0 Å². The molecule has 2 aromatic rings. The van der Waals surface area contributed by atoms with Crippen molar-refractivity contribution in [1.82, 2.24) is 15.3 Å². The predicted octanol–water partition coefficient (Wildman–Crippen LogP) is 3.27. The minimum atomic E-state index is -0.00566. The number of nitrogens with one attached hydrogen (secondary N) is 2. The van der Waals surface area contributed by atoms with Crippen LogP contribution in [-0.2, 0) is 6.54 Å². The van der Waals surface area contributed by atoms with Gasteiger partial charge in [0.05, 0.1) is 11.9 Å². The Kier molecular flexibility index (Phi) is 4.13. The summed E-state index contributed by atoms with van der Waals surface area (Å²) in [5, 5.41) is 4.30. The van der Waals surface area contributed by atoms with Gasteiger partial charge in [0.1, 0.15) is 10.7 Å². The minimum Gasteiger partial charge on any atom is -0.309 e. The number of H-pyrrole nitrogens is 1. The summed E-state index contributed by atoms with van der Waals surface area (Å²) in [6, 6.07) is 0.533. The van der Waals surface area contributed by atoms with Crippen molar-refractivity contribution in [3.63, 3.8) is 0 Å². The molecule has 1 saturated carbocycles. The van der Waals surface area contributed by atoms with E-state index in [1.54, 1.807) is 11.3 Å². The maximum absolute atomic E-state index is 12.2. The zero-order chi connectivity index (χ0) is 15.0. The molecule has 1 fully saturated rings. The summed E-state index contributed by atoms with van der Waals surface area (Å²) < 4.78 is 0. The maximum Gasteiger partial charge on any atom is 0.259 e. The Morgan fingerprint density at radius 2 is 2.19 bits per heavy atom. The molecule has 2 aromatic heterocycles. The standard InChI is InChI=1S/C16H23N3OS/c1-4-12(7-11-5-6-11)17-8-13-18-15(20)14-9(2)10(3)21-16(14)19-13/h11-12,17H,4-8H2,1-3H3,(H,18,19,20). The van der Waals surface area contributed by atoms with Crippen LogP contribution in [0, 0.1) is 19.8 Å². The van der Waals surface area contributed by atoms with E-state index in [2.05, 4.69) is 22.2 Å². The zero-order valence-corrected chi connectivity index (χ0v) is 13.8. The average molecular weight is 305 g/mol. The predicted molar refractivity (Wildman–Crippen MR) is 88.0 cm³/mol. The SMILES string of the molecule is CCC(CC1CC1)NCc1nc2sc(C)c(C)c2c(=O)[nH]1. The molecule has 0 saturated heterocycles. The highest BCUT2D eigenvalue weighted by Crippen LogP contribution is 2.34. The fourth-order valence-electron chi connectivity index (χ4n) is 2.77. The van der Waals surface area contributed by atoms with Crippen LogP contribution in [0.2, 0.25) is 0 Å². The molecule has 21 heavy (non-hydrogen) atoms. The first-order valence-electron chi connectivity index (χ1n) is 7.80. The van der Waals surface area contributed by atoms with Crippen molar-refractivity contribution in [3.05, 3.63) is 26.6 Å². The summed E-state index contributed by atoms with van der Waals surface area (Å²) >= 11 is 1.61. The first-order chi connectivity index (χ1) is 10.1. The van der Waals surface area contributed by atoms with E-state index in [9.17, 15) is 4.79 Å². The Bertz CT molecular complexity index is 699. The number of fused-ring (bicyclic) bond motifs is 1. The minimum absolute atomic E-state index is 0.00566. The molecule has 1 atom stereocenters. The first-order valence-corrected chi connectivity index (χ1v) is 8.62. The van der Waals surface area contributed by atoms with Gasteiger partial charge in [0.15, 0.2) is 0 Å². The van der Waals surface area contributed by atoms with Gasteiger partial charge in [0.2, 0.25) is 0 Å². The topological polar surface area (TPSA) is 57.8 Å². The van der Waals surface area contributed by atoms with Gasteiger partial charge in [0.25, 0.3) is 5.56 Å². The van der Waals surface area contributed by atoms with Crippen LogP contribution in [0.1, 0.15) is 48.9 Å². The Balaban J connectivity index is 1.76. The van der Waals surface area contributed by atoms with Crippen molar-refractivity contribution in [3.8, 4) is 0 Å². The quantitative estimate of drug-likeness (QED) is 0.861. The summed E-state index contributed by atoms with van der Waals surface area (Å²) in [7, 11) is 0. The van der Waals surface area contributed by atoms with Crippen molar-refractivity contribution in [2.24, 2.45) is 5.92 Å². The average Bonchev–Trinajstić information content (AvgIpc) is 3.21. The van der Waals surface area contributed by atoms with Crippen molar-refractivity contribution in [2.75, 3.05) is 0 Å². The number of thiophene rings is 1. The Hall–Kier alpha value is -1.20. The lowest BCUT2D eigenvalue weighted by atomic mass is 10.1. The highest BCUT2D eigenvalue weighted by Gasteiger charge is 2.24. The van der Waals surface area contributed by atoms with Gasteiger partial charge in [0, 0.05) is 10.9 Å². The third-order valence-corrected chi connectivity index (χ3v) is 5.56. The van der Waals surface area contributed by atoms with Crippen molar-refractivity contribution in [2.45, 2.75) is 59.0 Å². The Morgan fingerprint density at radius 1 is 1.43 bits per heavy atom. The van der Waals surface area contributed by atoms with Crippen LogP contribution < -0.4 is 10.9 Å². The molecule has 4 nitrogen and oxygen atoms in total. The van der Waals surface area contributed by atoms with Gasteiger partial charge in [-0.2, -0.15) is 0 Å². The van der Waals surface area contributed by atoms with E-state index in [0.717, 1.165) is 33.9 Å². The monoisotopic (exact) mass is 305 g/mol. The van der Waals surface area contributed by atoms with E-state index in [4.69, 9.17) is 0 Å². The molecule has 0 aliphatic heterocycles. The third kappa shape index (κ3) is 3.19. The molecule has 0 aromatic carbocycles. The normalized spacial score (nSPS) is 16.5. The van der Waals surface area contributed by atoms with Crippen molar-refractivity contribution >= 4 is 21.6 Å². The van der Waals surface area contributed by atoms with E-state index in [1.807, 2.05) is 13.8 Å². The number of aryl methyl sites for hydroxylation is 2. The number of rotatable bonds is 6. The summed E-state index contributed by atoms with van der Waals surface area (Å²) in [5.74, 6) is 1.67. The van der Waals surface area contributed by atoms with Gasteiger partial charge in [-0.15, -0.1) is 11.3 Å². The van der Waals surface area contributed by atoms with Crippen LogP contribution in [0.4, 0.5) is 0 Å². The summed E-state index contributed by atoms with van der Waals surface area (Å²) in [6.45, 7) is 6.89. The molecule has 1 unspecified atom stereocenters. The fraction of sp³-hybridized carbons (Fsp3) is 0.625. The highest BCUT2D eigenvalue weighted by molar-refractivity contribution is 7.18. The molecular formula is C16H23N3OS. The largest absolute Gasteiger partial charge is 0.309 e. The second kappa shape index (κ2) is 5.89. The zero-order valence-electron chi connectivity index (χ0n) is 13.0. The lowest BCUT2D eigenvalue weighted by Crippen LogP contribution is -2.30. The molecule has 1 aliphatic rings. The van der Waals surface area contributed by atoms with Crippen LogP contribution in [0.15, 0.2) is 4.79 Å². The molecule has 1 aliphatic carbocycles. The molecule has 0 amide bonds. The summed E-state index contributed by atoms with van der Waals surface area (Å²) in [5.41, 5.74) is 1.05. The van der Waals surface area contributed by atoms with Crippen LogP contribution in [0.3, 0.4) is 0 Å². The van der Waals surface area contributed by atoms with Gasteiger partial charge in [-0.3, -0.25) is 4.79 Å². The molecular weight excluding hydrogens is 282 g/mol. The summed E-state index contributed by atoms with van der Waals surface area (Å²) in [4.78, 5) is 21.8. The molecule has 3 rings (SSSR count).